The molecule has 0 heterocycles. The molecule has 19 heavy (non-hydrogen) atoms. The number of alkyl halides is 3. The van der Waals surface area contributed by atoms with Crippen molar-refractivity contribution in [1.82, 2.24) is 0 Å². The van der Waals surface area contributed by atoms with Gasteiger partial charge in [-0.1, -0.05) is 19.1 Å². The SMILES string of the molecule is CC(CCN)C(=O)Nc1ccccc1SC(F)(F)F. The molecule has 1 aromatic rings. The molecule has 1 amide bonds. The van der Waals surface area contributed by atoms with Crippen LogP contribution in [-0.4, -0.2) is 18.0 Å². The van der Waals surface area contributed by atoms with Gasteiger partial charge in [-0.15, -0.1) is 0 Å². The largest absolute Gasteiger partial charge is 0.446 e. The first-order valence-corrected chi connectivity index (χ1v) is 6.51. The van der Waals surface area contributed by atoms with E-state index in [1.54, 1.807) is 13.0 Å². The van der Waals surface area contributed by atoms with Gasteiger partial charge in [0.2, 0.25) is 5.91 Å². The highest BCUT2D eigenvalue weighted by Crippen LogP contribution is 2.40. The first kappa shape index (κ1) is 15.8. The van der Waals surface area contributed by atoms with E-state index in [4.69, 9.17) is 5.73 Å². The molecular weight excluding hydrogens is 277 g/mol. The molecule has 1 aromatic carbocycles. The smallest absolute Gasteiger partial charge is 0.330 e. The van der Waals surface area contributed by atoms with Crippen molar-refractivity contribution >= 4 is 23.4 Å². The number of nitrogens with two attached hydrogens (primary N) is 1. The zero-order chi connectivity index (χ0) is 14.5. The molecule has 0 aliphatic rings. The Balaban J connectivity index is 2.81. The highest BCUT2D eigenvalue weighted by Gasteiger charge is 2.30. The van der Waals surface area contributed by atoms with Crippen molar-refractivity contribution in [3.8, 4) is 0 Å². The first-order chi connectivity index (χ1) is 8.83. The number of hydrogen-bond acceptors (Lipinski definition) is 3. The van der Waals surface area contributed by atoms with Gasteiger partial charge in [-0.3, -0.25) is 4.79 Å². The van der Waals surface area contributed by atoms with Crippen molar-refractivity contribution in [3.05, 3.63) is 24.3 Å². The number of nitrogens with one attached hydrogen (secondary N) is 1. The summed E-state index contributed by atoms with van der Waals surface area (Å²) in [6.45, 7) is 2.04. The lowest BCUT2D eigenvalue weighted by Crippen LogP contribution is -2.23. The van der Waals surface area contributed by atoms with E-state index in [1.165, 1.54) is 18.2 Å². The van der Waals surface area contributed by atoms with Crippen LogP contribution in [0.1, 0.15) is 13.3 Å². The van der Waals surface area contributed by atoms with Crippen molar-refractivity contribution in [2.75, 3.05) is 11.9 Å². The second-order valence-corrected chi connectivity index (χ2v) is 5.12. The molecule has 0 spiro atoms. The highest BCUT2D eigenvalue weighted by atomic mass is 32.2. The number of rotatable bonds is 5. The van der Waals surface area contributed by atoms with Crippen LogP contribution in [0.2, 0.25) is 0 Å². The number of hydrogen-bond donors (Lipinski definition) is 2. The minimum Gasteiger partial charge on any atom is -0.330 e. The van der Waals surface area contributed by atoms with Gasteiger partial charge in [0, 0.05) is 10.8 Å². The zero-order valence-electron chi connectivity index (χ0n) is 10.3. The third-order valence-corrected chi connectivity index (χ3v) is 3.23. The monoisotopic (exact) mass is 292 g/mol. The fraction of sp³-hybridized carbons (Fsp3) is 0.417. The van der Waals surface area contributed by atoms with Crippen LogP contribution in [0.25, 0.3) is 0 Å². The van der Waals surface area contributed by atoms with Crippen molar-refractivity contribution in [3.63, 3.8) is 0 Å². The van der Waals surface area contributed by atoms with E-state index in [-0.39, 0.29) is 34.2 Å². The predicted molar refractivity (Wildman–Crippen MR) is 69.8 cm³/mol. The second kappa shape index (κ2) is 6.81. The maximum Gasteiger partial charge on any atom is 0.446 e. The van der Waals surface area contributed by atoms with Crippen molar-refractivity contribution in [2.45, 2.75) is 23.7 Å². The summed E-state index contributed by atoms with van der Waals surface area (Å²) in [5.41, 5.74) is 1.12. The molecule has 0 bridgehead atoms. The van der Waals surface area contributed by atoms with Crippen LogP contribution in [0.5, 0.6) is 0 Å². The summed E-state index contributed by atoms with van der Waals surface area (Å²) in [4.78, 5) is 11.7. The maximum atomic E-state index is 12.4. The van der Waals surface area contributed by atoms with E-state index in [1.807, 2.05) is 0 Å². The Morgan fingerprint density at radius 1 is 1.42 bits per heavy atom. The third kappa shape index (κ3) is 5.52. The molecule has 106 valence electrons. The molecule has 0 fully saturated rings. The molecule has 7 heteroatoms. The van der Waals surface area contributed by atoms with Crippen LogP contribution in [-0.2, 0) is 4.79 Å². The van der Waals surface area contributed by atoms with Crippen LogP contribution in [0.15, 0.2) is 29.2 Å². The molecule has 1 rings (SSSR count). The van der Waals surface area contributed by atoms with Gasteiger partial charge in [-0.05, 0) is 36.9 Å². The normalized spacial score (nSPS) is 13.1. The zero-order valence-corrected chi connectivity index (χ0v) is 11.1. The lowest BCUT2D eigenvalue weighted by molar-refractivity contribution is -0.119. The fourth-order valence-electron chi connectivity index (χ4n) is 1.42. The van der Waals surface area contributed by atoms with Gasteiger partial charge in [0.25, 0.3) is 0 Å². The Morgan fingerprint density at radius 2 is 2.05 bits per heavy atom. The van der Waals surface area contributed by atoms with Crippen molar-refractivity contribution < 1.29 is 18.0 Å². The lowest BCUT2D eigenvalue weighted by atomic mass is 10.1. The molecule has 0 aromatic heterocycles. The van der Waals surface area contributed by atoms with E-state index in [0.29, 0.717) is 13.0 Å². The average molecular weight is 292 g/mol. The number of benzene rings is 1. The summed E-state index contributed by atoms with van der Waals surface area (Å²) in [5, 5.41) is 2.50. The third-order valence-electron chi connectivity index (χ3n) is 2.42. The molecule has 0 saturated carbocycles. The number of thioether (sulfide) groups is 1. The molecular formula is C12H15F3N2OS. The average Bonchev–Trinajstić information content (AvgIpc) is 2.30. The number of carbonyl (C=O) groups is 1. The standard InChI is InChI=1S/C12H15F3N2OS/c1-8(6-7-16)11(18)17-9-4-2-3-5-10(9)19-12(13,14)15/h2-5,8H,6-7,16H2,1H3,(H,17,18). The van der Waals surface area contributed by atoms with Gasteiger partial charge in [-0.25, -0.2) is 0 Å². The van der Waals surface area contributed by atoms with E-state index < -0.39 is 5.51 Å². The molecule has 0 aliphatic heterocycles. The summed E-state index contributed by atoms with van der Waals surface area (Å²) >= 11 is -0.245. The van der Waals surface area contributed by atoms with Crippen molar-refractivity contribution in [1.29, 1.82) is 0 Å². The Labute approximate surface area is 113 Å². The summed E-state index contributed by atoms with van der Waals surface area (Å²) in [7, 11) is 0. The molecule has 1 atom stereocenters. The summed E-state index contributed by atoms with van der Waals surface area (Å²) in [6, 6.07) is 5.83. The first-order valence-electron chi connectivity index (χ1n) is 5.69. The van der Waals surface area contributed by atoms with Crippen LogP contribution < -0.4 is 11.1 Å². The highest BCUT2D eigenvalue weighted by molar-refractivity contribution is 8.00. The van der Waals surface area contributed by atoms with Crippen LogP contribution in [0.3, 0.4) is 0 Å². The van der Waals surface area contributed by atoms with E-state index in [9.17, 15) is 18.0 Å². The van der Waals surface area contributed by atoms with Gasteiger partial charge in [0.1, 0.15) is 0 Å². The van der Waals surface area contributed by atoms with Gasteiger partial charge in [0.05, 0.1) is 5.69 Å². The number of para-hydroxylation sites is 1. The molecule has 3 N–H and O–H groups in total. The summed E-state index contributed by atoms with van der Waals surface area (Å²) < 4.78 is 37.1. The Bertz CT molecular complexity index is 437. The summed E-state index contributed by atoms with van der Waals surface area (Å²) in [6.07, 6.45) is 0.487. The topological polar surface area (TPSA) is 55.1 Å². The van der Waals surface area contributed by atoms with Gasteiger partial charge in [0.15, 0.2) is 0 Å². The number of amides is 1. The van der Waals surface area contributed by atoms with Gasteiger partial charge >= 0.3 is 5.51 Å². The lowest BCUT2D eigenvalue weighted by Gasteiger charge is -2.14. The van der Waals surface area contributed by atoms with E-state index >= 15 is 0 Å². The van der Waals surface area contributed by atoms with Gasteiger partial charge < -0.3 is 11.1 Å². The minimum atomic E-state index is -4.39. The van der Waals surface area contributed by atoms with Crippen LogP contribution in [0.4, 0.5) is 18.9 Å². The second-order valence-electron chi connectivity index (χ2n) is 4.01. The minimum absolute atomic E-state index is 0.0247. The number of carbonyl (C=O) groups excluding carboxylic acids is 1. The van der Waals surface area contributed by atoms with E-state index in [0.717, 1.165) is 0 Å². The summed E-state index contributed by atoms with van der Waals surface area (Å²) in [5.74, 6) is -0.672. The van der Waals surface area contributed by atoms with Crippen molar-refractivity contribution in [2.24, 2.45) is 11.7 Å². The van der Waals surface area contributed by atoms with Crippen LogP contribution >= 0.6 is 11.8 Å². The fourth-order valence-corrected chi connectivity index (χ4v) is 2.05. The molecule has 1 unspecified atom stereocenters. The van der Waals surface area contributed by atoms with Gasteiger partial charge in [-0.2, -0.15) is 13.2 Å². The number of anilines is 1. The molecule has 0 radical (unpaired) electrons. The molecule has 3 nitrogen and oxygen atoms in total. The molecule has 0 saturated heterocycles. The quantitative estimate of drug-likeness (QED) is 0.819. The molecule has 0 aliphatic carbocycles. The Morgan fingerprint density at radius 3 is 2.63 bits per heavy atom. The maximum absolute atomic E-state index is 12.4. The Hall–Kier alpha value is -1.21. The predicted octanol–water partition coefficient (Wildman–Crippen LogP) is 3.22. The Kier molecular flexibility index (Phi) is 5.68. The number of halogens is 3. The van der Waals surface area contributed by atoms with Crippen LogP contribution in [0, 0.1) is 5.92 Å². The van der Waals surface area contributed by atoms with E-state index in [2.05, 4.69) is 5.32 Å².